The Bertz CT molecular complexity index is 847. The predicted molar refractivity (Wildman–Crippen MR) is 135 cm³/mol. The quantitative estimate of drug-likeness (QED) is 0.260. The molecule has 0 fully saturated rings. The Balaban J connectivity index is 1.72. The van der Waals surface area contributed by atoms with Gasteiger partial charge < -0.3 is 18.2 Å². The van der Waals surface area contributed by atoms with Gasteiger partial charge in [-0.2, -0.15) is 0 Å². The molecular weight excluding hydrogens is 414 g/mol. The minimum atomic E-state index is -2.57. The Kier molecular flexibility index (Phi) is 9.50. The molecule has 0 aliphatic heterocycles. The molecule has 3 aromatic carbocycles. The van der Waals surface area contributed by atoms with Gasteiger partial charge in [0.2, 0.25) is 0 Å². The van der Waals surface area contributed by atoms with Gasteiger partial charge in [0.15, 0.2) is 0 Å². The summed E-state index contributed by atoms with van der Waals surface area (Å²) in [5, 5.41) is 0. The third-order valence-corrected chi connectivity index (χ3v) is 8.42. The standard InChI is InChI=1S/C27H35NO3Si/c1-4-29-32(30-5-2,31-6-3)23-13-14-24-19-21-27(22-20-24)28(25-15-9-7-10-16-25)26-17-11-8-12-18-26/h7-12,15-22H,4-6,13-14,23H2,1-3H3. The van der Waals surface area contributed by atoms with Gasteiger partial charge >= 0.3 is 8.80 Å². The maximum Gasteiger partial charge on any atom is 0.500 e. The molecule has 0 spiro atoms. The largest absolute Gasteiger partial charge is 0.500 e. The lowest BCUT2D eigenvalue weighted by molar-refractivity contribution is 0.0708. The Morgan fingerprint density at radius 3 is 1.47 bits per heavy atom. The van der Waals surface area contributed by atoms with Crippen molar-refractivity contribution in [1.82, 2.24) is 0 Å². The van der Waals surface area contributed by atoms with E-state index >= 15 is 0 Å². The van der Waals surface area contributed by atoms with Crippen molar-refractivity contribution < 1.29 is 13.3 Å². The van der Waals surface area contributed by atoms with Crippen LogP contribution >= 0.6 is 0 Å². The number of aryl methyl sites for hydroxylation is 1. The lowest BCUT2D eigenvalue weighted by Crippen LogP contribution is -2.46. The summed E-state index contributed by atoms with van der Waals surface area (Å²) >= 11 is 0. The molecule has 5 heteroatoms. The van der Waals surface area contributed by atoms with Crippen LogP contribution in [0.3, 0.4) is 0 Å². The van der Waals surface area contributed by atoms with Crippen LogP contribution in [0, 0.1) is 0 Å². The normalized spacial score (nSPS) is 11.5. The Morgan fingerprint density at radius 2 is 1.03 bits per heavy atom. The minimum Gasteiger partial charge on any atom is -0.374 e. The fourth-order valence-corrected chi connectivity index (χ4v) is 6.54. The number of hydrogen-bond acceptors (Lipinski definition) is 4. The first-order valence-corrected chi connectivity index (χ1v) is 13.6. The second kappa shape index (κ2) is 12.6. The molecule has 0 saturated heterocycles. The van der Waals surface area contributed by atoms with Crippen LogP contribution in [0.15, 0.2) is 84.9 Å². The van der Waals surface area contributed by atoms with E-state index < -0.39 is 8.80 Å². The summed E-state index contributed by atoms with van der Waals surface area (Å²) in [6.45, 7) is 7.87. The molecule has 4 nitrogen and oxygen atoms in total. The van der Waals surface area contributed by atoms with E-state index in [9.17, 15) is 0 Å². The van der Waals surface area contributed by atoms with E-state index in [-0.39, 0.29) is 0 Å². The summed E-state index contributed by atoms with van der Waals surface area (Å²) in [4.78, 5) is 2.28. The number of rotatable bonds is 13. The van der Waals surface area contributed by atoms with E-state index in [0.29, 0.717) is 19.8 Å². The molecule has 3 rings (SSSR count). The Morgan fingerprint density at radius 1 is 0.594 bits per heavy atom. The van der Waals surface area contributed by atoms with Crippen molar-refractivity contribution in [1.29, 1.82) is 0 Å². The fourth-order valence-electron chi connectivity index (χ4n) is 3.92. The van der Waals surface area contributed by atoms with E-state index in [1.807, 2.05) is 32.9 Å². The molecule has 0 unspecified atom stereocenters. The molecule has 32 heavy (non-hydrogen) atoms. The van der Waals surface area contributed by atoms with Crippen molar-refractivity contribution >= 4 is 25.9 Å². The SMILES string of the molecule is CCO[Si](CCCc1ccc(N(c2ccccc2)c2ccccc2)cc1)(OCC)OCC. The number of para-hydroxylation sites is 2. The molecule has 0 aliphatic rings. The van der Waals surface area contributed by atoms with Gasteiger partial charge in [0.25, 0.3) is 0 Å². The first kappa shape index (κ1) is 24.2. The monoisotopic (exact) mass is 449 g/mol. The summed E-state index contributed by atoms with van der Waals surface area (Å²) in [5.41, 5.74) is 4.75. The van der Waals surface area contributed by atoms with Crippen LogP contribution in [0.5, 0.6) is 0 Å². The highest BCUT2D eigenvalue weighted by Crippen LogP contribution is 2.34. The topological polar surface area (TPSA) is 30.9 Å². The van der Waals surface area contributed by atoms with Crippen molar-refractivity contribution in [2.75, 3.05) is 24.7 Å². The zero-order valence-electron chi connectivity index (χ0n) is 19.5. The highest BCUT2D eigenvalue weighted by molar-refractivity contribution is 6.60. The van der Waals surface area contributed by atoms with Crippen molar-refractivity contribution in [2.45, 2.75) is 39.7 Å². The molecule has 0 radical (unpaired) electrons. The van der Waals surface area contributed by atoms with Crippen molar-refractivity contribution in [3.63, 3.8) is 0 Å². The van der Waals surface area contributed by atoms with Crippen molar-refractivity contribution in [3.8, 4) is 0 Å². The highest BCUT2D eigenvalue weighted by Gasteiger charge is 2.39. The van der Waals surface area contributed by atoms with Crippen LogP contribution in [0.25, 0.3) is 0 Å². The van der Waals surface area contributed by atoms with Crippen LogP contribution in [0.1, 0.15) is 32.8 Å². The van der Waals surface area contributed by atoms with Gasteiger partial charge in [-0.25, -0.2) is 0 Å². The van der Waals surface area contributed by atoms with Gasteiger partial charge in [-0.3, -0.25) is 0 Å². The average molecular weight is 450 g/mol. The molecule has 0 aromatic heterocycles. The lowest BCUT2D eigenvalue weighted by atomic mass is 10.1. The molecule has 0 bridgehead atoms. The second-order valence-electron chi connectivity index (χ2n) is 7.51. The number of nitrogens with zero attached hydrogens (tertiary/aromatic N) is 1. The van der Waals surface area contributed by atoms with Crippen LogP contribution < -0.4 is 4.90 Å². The van der Waals surface area contributed by atoms with Gasteiger partial charge in [-0.1, -0.05) is 48.5 Å². The molecule has 0 heterocycles. The van der Waals surface area contributed by atoms with E-state index in [2.05, 4.69) is 77.7 Å². The van der Waals surface area contributed by atoms with E-state index in [1.165, 1.54) is 5.56 Å². The van der Waals surface area contributed by atoms with Crippen molar-refractivity contribution in [3.05, 3.63) is 90.5 Å². The maximum absolute atomic E-state index is 5.98. The molecular formula is C27H35NO3Si. The first-order valence-electron chi connectivity index (χ1n) is 11.6. The lowest BCUT2D eigenvalue weighted by Gasteiger charge is -2.28. The van der Waals surface area contributed by atoms with Gasteiger partial charge in [-0.05, 0) is 75.6 Å². The minimum absolute atomic E-state index is 0.621. The van der Waals surface area contributed by atoms with Gasteiger partial charge in [0, 0.05) is 42.9 Å². The van der Waals surface area contributed by atoms with Crippen LogP contribution in [-0.2, 0) is 19.7 Å². The van der Waals surface area contributed by atoms with E-state index in [4.69, 9.17) is 13.3 Å². The number of anilines is 3. The van der Waals surface area contributed by atoms with Gasteiger partial charge in [-0.15, -0.1) is 0 Å². The molecule has 0 saturated carbocycles. The molecule has 0 N–H and O–H groups in total. The third-order valence-electron chi connectivity index (χ3n) is 5.26. The maximum atomic E-state index is 5.98. The second-order valence-corrected chi connectivity index (χ2v) is 10.2. The number of benzene rings is 3. The smallest absolute Gasteiger partial charge is 0.374 e. The molecule has 0 aliphatic carbocycles. The number of hydrogen-bond donors (Lipinski definition) is 0. The fraction of sp³-hybridized carbons (Fsp3) is 0.333. The average Bonchev–Trinajstić information content (AvgIpc) is 2.82. The van der Waals surface area contributed by atoms with Crippen LogP contribution in [0.4, 0.5) is 17.1 Å². The van der Waals surface area contributed by atoms with E-state index in [1.54, 1.807) is 0 Å². The van der Waals surface area contributed by atoms with Crippen molar-refractivity contribution in [2.24, 2.45) is 0 Å². The van der Waals surface area contributed by atoms with Crippen LogP contribution in [-0.4, -0.2) is 28.6 Å². The summed E-state index contributed by atoms with van der Waals surface area (Å²) in [7, 11) is -2.57. The van der Waals surface area contributed by atoms with Gasteiger partial charge in [0.1, 0.15) is 0 Å². The summed E-state index contributed by atoms with van der Waals surface area (Å²) < 4.78 is 18.0. The Labute approximate surface area is 194 Å². The van der Waals surface area contributed by atoms with Gasteiger partial charge in [0.05, 0.1) is 0 Å². The zero-order chi connectivity index (χ0) is 22.7. The molecule has 170 valence electrons. The molecule has 3 aromatic rings. The Hall–Kier alpha value is -2.44. The van der Waals surface area contributed by atoms with E-state index in [0.717, 1.165) is 35.9 Å². The molecule has 0 amide bonds. The highest BCUT2D eigenvalue weighted by atomic mass is 28.4. The molecule has 0 atom stereocenters. The van der Waals surface area contributed by atoms with Crippen LogP contribution in [0.2, 0.25) is 6.04 Å². The summed E-state index contributed by atoms with van der Waals surface area (Å²) in [6.07, 6.45) is 1.95. The predicted octanol–water partition coefficient (Wildman–Crippen LogP) is 7.14. The first-order chi connectivity index (χ1) is 15.7. The summed E-state index contributed by atoms with van der Waals surface area (Å²) in [5.74, 6) is 0. The summed E-state index contributed by atoms with van der Waals surface area (Å²) in [6, 6.07) is 30.6. The zero-order valence-corrected chi connectivity index (χ0v) is 20.5. The third kappa shape index (κ3) is 6.53.